The van der Waals surface area contributed by atoms with Crippen molar-refractivity contribution in [2.24, 2.45) is 5.92 Å². The predicted octanol–water partition coefficient (Wildman–Crippen LogP) is 1.69. The highest BCUT2D eigenvalue weighted by atomic mass is 16.5. The molecule has 2 aliphatic rings. The van der Waals surface area contributed by atoms with Crippen LogP contribution in [0, 0.1) is 12.8 Å². The third-order valence-corrected chi connectivity index (χ3v) is 5.11. The van der Waals surface area contributed by atoms with E-state index in [1.165, 1.54) is 0 Å². The molecule has 0 aromatic heterocycles. The number of aryl methyl sites for hydroxylation is 1. The Morgan fingerprint density at radius 2 is 1.75 bits per heavy atom. The van der Waals surface area contributed by atoms with Crippen LogP contribution < -0.4 is 15.4 Å². The van der Waals surface area contributed by atoms with E-state index in [0.717, 1.165) is 16.9 Å². The summed E-state index contributed by atoms with van der Waals surface area (Å²) in [6.45, 7) is 3.98. The monoisotopic (exact) mass is 332 g/mol. The Morgan fingerprint density at radius 1 is 1.08 bits per heavy atom. The van der Waals surface area contributed by atoms with Crippen molar-refractivity contribution in [2.75, 3.05) is 21.2 Å². The molecule has 2 N–H and O–H groups in total. The molecule has 2 aliphatic heterocycles. The van der Waals surface area contributed by atoms with Crippen LogP contribution in [0.5, 0.6) is 5.75 Å². The lowest BCUT2D eigenvalue weighted by Crippen LogP contribution is -2.71. The van der Waals surface area contributed by atoms with E-state index >= 15 is 0 Å². The number of rotatable bonds is 2. The van der Waals surface area contributed by atoms with Crippen LogP contribution in [-0.4, -0.2) is 55.3 Å². The molecule has 0 bridgehead atoms. The quantitative estimate of drug-likeness (QED) is 0.865. The number of methoxy groups -OCH3 is 1. The largest absolute Gasteiger partial charge is 0.496 e. The van der Waals surface area contributed by atoms with Crippen molar-refractivity contribution >= 4 is 12.1 Å². The van der Waals surface area contributed by atoms with Gasteiger partial charge in [-0.15, -0.1) is 0 Å². The minimum Gasteiger partial charge on any atom is -0.496 e. The van der Waals surface area contributed by atoms with Crippen molar-refractivity contribution in [3.8, 4) is 5.75 Å². The number of urea groups is 2. The van der Waals surface area contributed by atoms with Crippen molar-refractivity contribution in [3.05, 3.63) is 29.3 Å². The molecule has 0 aliphatic carbocycles. The molecule has 0 spiro atoms. The zero-order valence-corrected chi connectivity index (χ0v) is 14.7. The van der Waals surface area contributed by atoms with Crippen molar-refractivity contribution in [3.63, 3.8) is 0 Å². The van der Waals surface area contributed by atoms with E-state index in [0.29, 0.717) is 0 Å². The zero-order chi connectivity index (χ0) is 17.6. The fourth-order valence-electron chi connectivity index (χ4n) is 3.78. The smallest absolute Gasteiger partial charge is 0.319 e. The zero-order valence-electron chi connectivity index (χ0n) is 14.7. The van der Waals surface area contributed by atoms with Crippen molar-refractivity contribution < 1.29 is 14.3 Å². The van der Waals surface area contributed by atoms with E-state index in [1.807, 2.05) is 32.0 Å². The Labute approximate surface area is 141 Å². The molecular formula is C17H24N4O3. The first-order valence-corrected chi connectivity index (χ1v) is 8.06. The van der Waals surface area contributed by atoms with E-state index in [2.05, 4.69) is 10.6 Å². The van der Waals surface area contributed by atoms with Gasteiger partial charge in [0.1, 0.15) is 11.9 Å². The van der Waals surface area contributed by atoms with E-state index in [1.54, 1.807) is 31.0 Å². The van der Waals surface area contributed by atoms with Gasteiger partial charge in [-0.05, 0) is 25.5 Å². The van der Waals surface area contributed by atoms with Gasteiger partial charge in [0.2, 0.25) is 0 Å². The third kappa shape index (κ3) is 2.44. The van der Waals surface area contributed by atoms with E-state index in [4.69, 9.17) is 4.74 Å². The number of carbonyl (C=O) groups is 2. The summed E-state index contributed by atoms with van der Waals surface area (Å²) in [6, 6.07) is 5.34. The first-order valence-electron chi connectivity index (χ1n) is 8.06. The summed E-state index contributed by atoms with van der Waals surface area (Å²) >= 11 is 0. The molecule has 4 amide bonds. The number of nitrogens with one attached hydrogen (secondary N) is 2. The Kier molecular flexibility index (Phi) is 4.03. The van der Waals surface area contributed by atoms with Gasteiger partial charge in [-0.2, -0.15) is 0 Å². The van der Waals surface area contributed by atoms with Crippen LogP contribution >= 0.6 is 0 Å². The summed E-state index contributed by atoms with van der Waals surface area (Å²) < 4.78 is 5.57. The first-order chi connectivity index (χ1) is 11.3. The lowest BCUT2D eigenvalue weighted by molar-refractivity contribution is 0.0241. The number of nitrogens with zero attached hydrogens (tertiary/aromatic N) is 2. The first kappa shape index (κ1) is 16.4. The third-order valence-electron chi connectivity index (χ3n) is 5.11. The van der Waals surface area contributed by atoms with Gasteiger partial charge in [-0.3, -0.25) is 0 Å². The van der Waals surface area contributed by atoms with Gasteiger partial charge in [0.05, 0.1) is 13.2 Å². The van der Waals surface area contributed by atoms with Gasteiger partial charge in [0, 0.05) is 31.6 Å². The molecule has 0 unspecified atom stereocenters. The minimum absolute atomic E-state index is 0.00740. The van der Waals surface area contributed by atoms with Crippen LogP contribution in [0.25, 0.3) is 0 Å². The van der Waals surface area contributed by atoms with Gasteiger partial charge >= 0.3 is 12.1 Å². The molecule has 24 heavy (non-hydrogen) atoms. The molecule has 130 valence electrons. The summed E-state index contributed by atoms with van der Waals surface area (Å²) in [5, 5.41) is 5.92. The number of benzene rings is 1. The second-order valence-electron chi connectivity index (χ2n) is 6.62. The minimum atomic E-state index is -0.353. The predicted molar refractivity (Wildman–Crippen MR) is 89.8 cm³/mol. The van der Waals surface area contributed by atoms with Crippen LogP contribution in [0.2, 0.25) is 0 Å². The summed E-state index contributed by atoms with van der Waals surface area (Å²) in [5.41, 5.74) is 2.05. The highest BCUT2D eigenvalue weighted by Crippen LogP contribution is 2.41. The molecule has 1 aromatic carbocycles. The maximum atomic E-state index is 12.5. The van der Waals surface area contributed by atoms with E-state index < -0.39 is 0 Å². The lowest BCUT2D eigenvalue weighted by atomic mass is 9.80. The molecule has 2 heterocycles. The van der Waals surface area contributed by atoms with Gasteiger partial charge < -0.3 is 25.2 Å². The van der Waals surface area contributed by atoms with Gasteiger partial charge in [0.15, 0.2) is 0 Å². The Balaban J connectivity index is 2.10. The molecule has 2 saturated heterocycles. The van der Waals surface area contributed by atoms with Crippen LogP contribution in [-0.2, 0) is 0 Å². The number of hydrogen-bond acceptors (Lipinski definition) is 3. The second-order valence-corrected chi connectivity index (χ2v) is 6.62. The average Bonchev–Trinajstić information content (AvgIpc) is 2.54. The molecule has 4 atom stereocenters. The second kappa shape index (κ2) is 5.89. The highest BCUT2D eigenvalue weighted by molar-refractivity contribution is 5.80. The topological polar surface area (TPSA) is 73.9 Å². The molecule has 1 aromatic rings. The normalized spacial score (nSPS) is 29.7. The number of carbonyl (C=O) groups excluding carboxylic acids is 2. The standard InChI is InChI=1S/C17H24N4O3/c1-9-6-7-11(12(8-9)24-5)14-13-10(2)18-16(22)21(4)15(13)19-17(23)20(14)3/h6-8,10,13-15H,1-5H3,(H,18,22)(H,19,23)/t10-,13+,14+,15-/m1/s1. The Morgan fingerprint density at radius 3 is 2.42 bits per heavy atom. The van der Waals surface area contributed by atoms with Crippen LogP contribution in [0.3, 0.4) is 0 Å². The van der Waals surface area contributed by atoms with Gasteiger partial charge in [-0.1, -0.05) is 12.1 Å². The maximum absolute atomic E-state index is 12.5. The summed E-state index contributed by atoms with van der Waals surface area (Å²) in [5.74, 6) is 0.749. The number of amides is 4. The summed E-state index contributed by atoms with van der Waals surface area (Å²) in [6.07, 6.45) is -0.353. The molecule has 3 rings (SSSR count). The fraction of sp³-hybridized carbons (Fsp3) is 0.529. The number of hydrogen-bond donors (Lipinski definition) is 2. The molecule has 0 radical (unpaired) electrons. The molecular weight excluding hydrogens is 308 g/mol. The number of fused-ring (bicyclic) bond motifs is 1. The van der Waals surface area contributed by atoms with Crippen LogP contribution in [0.4, 0.5) is 9.59 Å². The van der Waals surface area contributed by atoms with Gasteiger partial charge in [0.25, 0.3) is 0 Å². The van der Waals surface area contributed by atoms with Crippen molar-refractivity contribution in [1.82, 2.24) is 20.4 Å². The van der Waals surface area contributed by atoms with Crippen LogP contribution in [0.1, 0.15) is 24.1 Å². The Bertz CT molecular complexity index is 678. The average molecular weight is 332 g/mol. The van der Waals surface area contributed by atoms with E-state index in [-0.39, 0.29) is 36.2 Å². The summed E-state index contributed by atoms with van der Waals surface area (Å²) in [4.78, 5) is 27.8. The van der Waals surface area contributed by atoms with Crippen molar-refractivity contribution in [2.45, 2.75) is 32.1 Å². The highest BCUT2D eigenvalue weighted by Gasteiger charge is 2.50. The maximum Gasteiger partial charge on any atom is 0.319 e. The Hall–Kier alpha value is -2.44. The van der Waals surface area contributed by atoms with Crippen LogP contribution in [0.15, 0.2) is 18.2 Å². The van der Waals surface area contributed by atoms with Gasteiger partial charge in [-0.25, -0.2) is 9.59 Å². The van der Waals surface area contributed by atoms with Crippen molar-refractivity contribution in [1.29, 1.82) is 0 Å². The fourth-order valence-corrected chi connectivity index (χ4v) is 3.78. The number of ether oxygens (including phenoxy) is 1. The molecule has 7 heteroatoms. The molecule has 0 saturated carbocycles. The SMILES string of the molecule is COc1cc(C)ccc1[C@H]1[C@@H]2[C@@H](C)NC(=O)N(C)[C@H]2NC(=O)N1C. The van der Waals surface area contributed by atoms with E-state index in [9.17, 15) is 9.59 Å². The summed E-state index contributed by atoms with van der Waals surface area (Å²) in [7, 11) is 5.11. The lowest BCUT2D eigenvalue weighted by Gasteiger charge is -2.52. The molecule has 7 nitrogen and oxygen atoms in total. The molecule has 2 fully saturated rings.